The fraction of sp³-hybridized carbons (Fsp3) is 0.818. The van der Waals surface area contributed by atoms with Crippen LogP contribution in [-0.2, 0) is 9.53 Å². The fourth-order valence-electron chi connectivity index (χ4n) is 1.24. The number of amides is 1. The molecule has 0 fully saturated rings. The molecule has 0 heterocycles. The van der Waals surface area contributed by atoms with Crippen LogP contribution in [0.1, 0.15) is 39.0 Å². The molecule has 1 unspecified atom stereocenters. The molecule has 6 nitrogen and oxygen atoms in total. The lowest BCUT2D eigenvalue weighted by molar-refractivity contribution is -0.139. The van der Waals surface area contributed by atoms with E-state index in [1.54, 1.807) is 0 Å². The Bertz CT molecular complexity index is 234. The zero-order chi connectivity index (χ0) is 13.1. The van der Waals surface area contributed by atoms with Crippen molar-refractivity contribution in [3.05, 3.63) is 0 Å². The Morgan fingerprint density at radius 2 is 2.06 bits per heavy atom. The van der Waals surface area contributed by atoms with E-state index in [1.165, 1.54) is 0 Å². The van der Waals surface area contributed by atoms with E-state index < -0.39 is 18.1 Å². The molecule has 100 valence electrons. The molecule has 0 aliphatic heterocycles. The molecule has 0 aliphatic rings. The van der Waals surface area contributed by atoms with Gasteiger partial charge in [0.1, 0.15) is 6.04 Å². The van der Waals surface area contributed by atoms with Crippen LogP contribution >= 0.6 is 0 Å². The van der Waals surface area contributed by atoms with Crippen molar-refractivity contribution >= 4 is 12.1 Å². The Labute approximate surface area is 102 Å². The molecule has 1 atom stereocenters. The number of alkyl carbamates (subject to hydrolysis) is 1. The summed E-state index contributed by atoms with van der Waals surface area (Å²) < 4.78 is 4.83. The summed E-state index contributed by atoms with van der Waals surface area (Å²) in [6.45, 7) is 2.82. The zero-order valence-electron chi connectivity index (χ0n) is 10.3. The topological polar surface area (TPSA) is 102 Å². The van der Waals surface area contributed by atoms with Crippen molar-refractivity contribution in [1.82, 2.24) is 5.32 Å². The first-order valence-corrected chi connectivity index (χ1v) is 5.98. The standard InChI is InChI=1S/C11H22N2O4/c1-2-3-8-17-11(16)13-9(10(14)15)6-4-5-7-12/h9H,2-8,12H2,1H3,(H,13,16)(H,14,15). The Balaban J connectivity index is 3.89. The highest BCUT2D eigenvalue weighted by atomic mass is 16.5. The maximum Gasteiger partial charge on any atom is 0.407 e. The summed E-state index contributed by atoms with van der Waals surface area (Å²) in [5.74, 6) is -1.05. The van der Waals surface area contributed by atoms with Gasteiger partial charge in [0.15, 0.2) is 0 Å². The third-order valence-electron chi connectivity index (χ3n) is 2.27. The molecule has 0 aromatic heterocycles. The van der Waals surface area contributed by atoms with Gasteiger partial charge in [0.05, 0.1) is 6.61 Å². The summed E-state index contributed by atoms with van der Waals surface area (Å²) in [6, 6.07) is -0.893. The molecule has 0 aliphatic carbocycles. The summed E-state index contributed by atoms with van der Waals surface area (Å²) in [7, 11) is 0. The number of carbonyl (C=O) groups is 2. The largest absolute Gasteiger partial charge is 0.480 e. The van der Waals surface area contributed by atoms with Gasteiger partial charge in [-0.05, 0) is 32.2 Å². The molecule has 6 heteroatoms. The van der Waals surface area contributed by atoms with Crippen LogP contribution < -0.4 is 11.1 Å². The monoisotopic (exact) mass is 246 g/mol. The van der Waals surface area contributed by atoms with Gasteiger partial charge in [-0.15, -0.1) is 0 Å². The van der Waals surface area contributed by atoms with Crippen molar-refractivity contribution in [2.45, 2.75) is 45.1 Å². The number of rotatable bonds is 9. The van der Waals surface area contributed by atoms with Crippen molar-refractivity contribution in [3.8, 4) is 0 Å². The average molecular weight is 246 g/mol. The number of unbranched alkanes of at least 4 members (excludes halogenated alkanes) is 2. The fourth-order valence-corrected chi connectivity index (χ4v) is 1.24. The predicted molar refractivity (Wildman–Crippen MR) is 63.7 cm³/mol. The number of nitrogens with one attached hydrogen (secondary N) is 1. The van der Waals surface area contributed by atoms with Gasteiger partial charge >= 0.3 is 12.1 Å². The number of carboxylic acid groups (broad SMARTS) is 1. The summed E-state index contributed by atoms with van der Waals surface area (Å²) >= 11 is 0. The molecule has 0 saturated heterocycles. The van der Waals surface area contributed by atoms with Crippen LogP contribution in [0.25, 0.3) is 0 Å². The van der Waals surface area contributed by atoms with E-state index in [4.69, 9.17) is 15.6 Å². The SMILES string of the molecule is CCCCOC(=O)NC(CCCCN)C(=O)O. The normalized spacial score (nSPS) is 11.9. The Morgan fingerprint density at radius 3 is 2.59 bits per heavy atom. The predicted octanol–water partition coefficient (Wildman–Crippen LogP) is 1.09. The first kappa shape index (κ1) is 15.7. The first-order valence-electron chi connectivity index (χ1n) is 5.98. The zero-order valence-corrected chi connectivity index (χ0v) is 10.3. The minimum absolute atomic E-state index is 0.317. The minimum atomic E-state index is -1.05. The molecule has 0 saturated carbocycles. The molecule has 0 aromatic carbocycles. The van der Waals surface area contributed by atoms with Gasteiger partial charge in [0, 0.05) is 0 Å². The number of carbonyl (C=O) groups excluding carboxylic acids is 1. The second kappa shape index (κ2) is 9.89. The molecule has 1 amide bonds. The smallest absolute Gasteiger partial charge is 0.407 e. The molecule has 0 bridgehead atoms. The third kappa shape index (κ3) is 8.50. The van der Waals surface area contributed by atoms with Crippen LogP contribution in [0.5, 0.6) is 0 Å². The number of carboxylic acids is 1. The lowest BCUT2D eigenvalue weighted by atomic mass is 10.1. The summed E-state index contributed by atoms with van der Waals surface area (Å²) in [5, 5.41) is 11.2. The van der Waals surface area contributed by atoms with E-state index >= 15 is 0 Å². The van der Waals surface area contributed by atoms with Gasteiger partial charge in [-0.2, -0.15) is 0 Å². The third-order valence-corrected chi connectivity index (χ3v) is 2.27. The van der Waals surface area contributed by atoms with Crippen LogP contribution in [0.4, 0.5) is 4.79 Å². The molecular formula is C11H22N2O4. The van der Waals surface area contributed by atoms with Crippen molar-refractivity contribution in [3.63, 3.8) is 0 Å². The Hall–Kier alpha value is -1.30. The molecule has 0 aromatic rings. The van der Waals surface area contributed by atoms with Gasteiger partial charge < -0.3 is 20.9 Å². The highest BCUT2D eigenvalue weighted by Crippen LogP contribution is 2.01. The number of hydrogen-bond acceptors (Lipinski definition) is 4. The van der Waals surface area contributed by atoms with Gasteiger partial charge in [-0.1, -0.05) is 13.3 Å². The van der Waals surface area contributed by atoms with Crippen molar-refractivity contribution < 1.29 is 19.4 Å². The van der Waals surface area contributed by atoms with Crippen LogP contribution in [0.3, 0.4) is 0 Å². The highest BCUT2D eigenvalue weighted by molar-refractivity contribution is 5.79. The number of ether oxygens (including phenoxy) is 1. The maximum absolute atomic E-state index is 11.2. The van der Waals surface area contributed by atoms with E-state index in [9.17, 15) is 9.59 Å². The van der Waals surface area contributed by atoms with E-state index in [-0.39, 0.29) is 0 Å². The van der Waals surface area contributed by atoms with Gasteiger partial charge in [-0.3, -0.25) is 0 Å². The van der Waals surface area contributed by atoms with E-state index in [1.807, 2.05) is 6.92 Å². The molecule has 0 radical (unpaired) electrons. The average Bonchev–Trinajstić information content (AvgIpc) is 2.28. The molecule has 0 rings (SSSR count). The number of aliphatic carboxylic acids is 1. The highest BCUT2D eigenvalue weighted by Gasteiger charge is 2.19. The maximum atomic E-state index is 11.2. The quantitative estimate of drug-likeness (QED) is 0.529. The molecule has 4 N–H and O–H groups in total. The lowest BCUT2D eigenvalue weighted by Crippen LogP contribution is -2.41. The first-order chi connectivity index (χ1) is 8.11. The molecular weight excluding hydrogens is 224 g/mol. The summed E-state index contributed by atoms with van der Waals surface area (Å²) in [4.78, 5) is 22.1. The van der Waals surface area contributed by atoms with Crippen LogP contribution in [0, 0.1) is 0 Å². The van der Waals surface area contributed by atoms with Gasteiger partial charge in [-0.25, -0.2) is 9.59 Å². The van der Waals surface area contributed by atoms with Crippen molar-refractivity contribution in [2.75, 3.05) is 13.2 Å². The Kier molecular flexibility index (Phi) is 9.14. The van der Waals surface area contributed by atoms with E-state index in [0.29, 0.717) is 26.0 Å². The molecule has 0 spiro atoms. The number of hydrogen-bond donors (Lipinski definition) is 3. The molecule has 17 heavy (non-hydrogen) atoms. The number of nitrogens with two attached hydrogens (primary N) is 1. The Morgan fingerprint density at radius 1 is 1.35 bits per heavy atom. The van der Waals surface area contributed by atoms with Crippen LogP contribution in [0.15, 0.2) is 0 Å². The second-order valence-corrected chi connectivity index (χ2v) is 3.81. The van der Waals surface area contributed by atoms with Gasteiger partial charge in [0.25, 0.3) is 0 Å². The van der Waals surface area contributed by atoms with Crippen molar-refractivity contribution in [2.24, 2.45) is 5.73 Å². The van der Waals surface area contributed by atoms with Gasteiger partial charge in [0.2, 0.25) is 0 Å². The minimum Gasteiger partial charge on any atom is -0.480 e. The lowest BCUT2D eigenvalue weighted by Gasteiger charge is -2.14. The van der Waals surface area contributed by atoms with E-state index in [0.717, 1.165) is 19.3 Å². The second-order valence-electron chi connectivity index (χ2n) is 3.81. The van der Waals surface area contributed by atoms with Crippen molar-refractivity contribution in [1.29, 1.82) is 0 Å². The summed E-state index contributed by atoms with van der Waals surface area (Å²) in [6.07, 6.45) is 2.82. The van der Waals surface area contributed by atoms with E-state index in [2.05, 4.69) is 5.32 Å². The van der Waals surface area contributed by atoms with Crippen LogP contribution in [-0.4, -0.2) is 36.4 Å². The van der Waals surface area contributed by atoms with Crippen LogP contribution in [0.2, 0.25) is 0 Å². The summed E-state index contributed by atoms with van der Waals surface area (Å²) in [5.41, 5.74) is 5.31.